The molecule has 41 heavy (non-hydrogen) atoms. The molecular weight excluding hydrogens is 524 g/mol. The van der Waals surface area contributed by atoms with Crippen molar-refractivity contribution >= 4 is 42.2 Å². The van der Waals surface area contributed by atoms with Crippen LogP contribution >= 0.6 is 0 Å². The zero-order valence-corrected chi connectivity index (χ0v) is 24.3. The van der Waals surface area contributed by atoms with E-state index in [0.29, 0.717) is 26.2 Å². The van der Waals surface area contributed by atoms with Crippen molar-refractivity contribution in [3.63, 3.8) is 0 Å². The van der Waals surface area contributed by atoms with Crippen molar-refractivity contribution in [1.82, 2.24) is 9.80 Å². The summed E-state index contributed by atoms with van der Waals surface area (Å²) in [6.45, 7) is 2.84. The summed E-state index contributed by atoms with van der Waals surface area (Å²) < 4.78 is 4.01. The number of carbonyl (C=O) groups is 2. The fourth-order valence-electron chi connectivity index (χ4n) is 6.25. The smallest absolute Gasteiger partial charge is 0.325 e. The van der Waals surface area contributed by atoms with E-state index in [0.717, 1.165) is 47.4 Å². The molecule has 0 bridgehead atoms. The van der Waals surface area contributed by atoms with E-state index in [-0.39, 0.29) is 12.1 Å². The molecule has 0 unspecified atom stereocenters. The van der Waals surface area contributed by atoms with Crippen LogP contribution in [-0.4, -0.2) is 56.4 Å². The first kappa shape index (κ1) is 26.8. The van der Waals surface area contributed by atoms with Gasteiger partial charge in [0, 0.05) is 37.6 Å². The molecule has 6 nitrogen and oxygen atoms in total. The summed E-state index contributed by atoms with van der Waals surface area (Å²) in [7, 11) is -3.67. The number of nitrogens with zero attached hydrogens (tertiary/aromatic N) is 4. The maximum absolute atomic E-state index is 15.0. The van der Waals surface area contributed by atoms with Crippen molar-refractivity contribution in [3.8, 4) is 0 Å². The van der Waals surface area contributed by atoms with Crippen LogP contribution in [0.25, 0.3) is 0 Å². The van der Waals surface area contributed by atoms with Crippen LogP contribution in [0, 0.1) is 0 Å². The highest BCUT2D eigenvalue weighted by atomic mass is 28.3. The van der Waals surface area contributed by atoms with Gasteiger partial charge in [-0.2, -0.15) is 0 Å². The van der Waals surface area contributed by atoms with Gasteiger partial charge < -0.3 is 9.80 Å². The highest BCUT2D eigenvalue weighted by Gasteiger charge is 2.57. The number of amides is 4. The number of benzene rings is 4. The molecule has 7 heteroatoms. The lowest BCUT2D eigenvalue weighted by atomic mass is 10.3. The molecule has 6 rings (SSSR count). The van der Waals surface area contributed by atoms with Gasteiger partial charge in [0.15, 0.2) is 0 Å². The first-order valence-corrected chi connectivity index (χ1v) is 16.5. The van der Waals surface area contributed by atoms with Gasteiger partial charge in [-0.05, 0) is 60.3 Å². The molecule has 2 saturated heterocycles. The number of hydrogen-bond donors (Lipinski definition) is 0. The predicted molar refractivity (Wildman–Crippen MR) is 168 cm³/mol. The van der Waals surface area contributed by atoms with Crippen molar-refractivity contribution < 1.29 is 9.59 Å². The highest BCUT2D eigenvalue weighted by molar-refractivity contribution is 7.10. The van der Waals surface area contributed by atoms with Crippen LogP contribution in [0.3, 0.4) is 0 Å². The molecule has 2 aliphatic heterocycles. The monoisotopic (exact) mass is 560 g/mol. The molecule has 0 aliphatic carbocycles. The van der Waals surface area contributed by atoms with Crippen LogP contribution in [-0.2, 0) is 0 Å². The van der Waals surface area contributed by atoms with Crippen LogP contribution in [0.4, 0.5) is 21.0 Å². The second-order valence-electron chi connectivity index (χ2n) is 10.7. The van der Waals surface area contributed by atoms with Crippen molar-refractivity contribution in [2.45, 2.75) is 25.7 Å². The average molecular weight is 561 g/mol. The lowest BCUT2D eigenvalue weighted by molar-refractivity contribution is 0.217. The van der Waals surface area contributed by atoms with Gasteiger partial charge in [-0.15, -0.1) is 0 Å². The molecule has 2 aliphatic rings. The summed E-state index contributed by atoms with van der Waals surface area (Å²) in [4.78, 5) is 33.8. The Labute approximate surface area is 243 Å². The van der Waals surface area contributed by atoms with Crippen LogP contribution in [0.1, 0.15) is 25.7 Å². The minimum absolute atomic E-state index is 0.0526. The average Bonchev–Trinajstić information content (AvgIpc) is 3.78. The number of rotatable bonds is 6. The Morgan fingerprint density at radius 3 is 1.07 bits per heavy atom. The van der Waals surface area contributed by atoms with Gasteiger partial charge in [0.1, 0.15) is 0 Å². The Morgan fingerprint density at radius 2 is 0.756 bits per heavy atom. The molecular formula is C34H36N4O2Si. The second kappa shape index (κ2) is 12.0. The second-order valence-corrected chi connectivity index (χ2v) is 14.1. The van der Waals surface area contributed by atoms with Crippen molar-refractivity contribution in [1.29, 1.82) is 0 Å². The molecule has 0 N–H and O–H groups in total. The normalized spacial score (nSPS) is 15.1. The molecule has 4 amide bonds. The summed E-state index contributed by atoms with van der Waals surface area (Å²) in [5, 5.41) is 1.94. The Bertz CT molecular complexity index is 1330. The van der Waals surface area contributed by atoms with Gasteiger partial charge in [-0.3, -0.25) is 9.13 Å². The number of hydrogen-bond acceptors (Lipinski definition) is 2. The SMILES string of the molecule is O=C(N1CCCC1)N(c1ccccc1)[Si](c1ccccc1)(c1ccccc1)N(C(=O)N1CCCC1)c1ccccc1. The lowest BCUT2D eigenvalue weighted by Gasteiger charge is -2.50. The minimum Gasteiger partial charge on any atom is -0.325 e. The van der Waals surface area contributed by atoms with Crippen LogP contribution < -0.4 is 19.5 Å². The van der Waals surface area contributed by atoms with Crippen LogP contribution in [0.15, 0.2) is 121 Å². The molecule has 2 fully saturated rings. The zero-order valence-electron chi connectivity index (χ0n) is 23.3. The van der Waals surface area contributed by atoms with E-state index in [4.69, 9.17) is 0 Å². The summed E-state index contributed by atoms with van der Waals surface area (Å²) in [6, 6.07) is 40.2. The van der Waals surface area contributed by atoms with E-state index in [9.17, 15) is 9.59 Å². The van der Waals surface area contributed by atoms with E-state index in [1.807, 2.05) is 116 Å². The molecule has 0 saturated carbocycles. The molecule has 0 atom stereocenters. The number of carbonyl (C=O) groups excluding carboxylic acids is 2. The fraction of sp³-hybridized carbons (Fsp3) is 0.235. The van der Waals surface area contributed by atoms with Gasteiger partial charge in [-0.1, -0.05) is 97.1 Å². The summed E-state index contributed by atoms with van der Waals surface area (Å²) in [5.74, 6) is 0. The van der Waals surface area contributed by atoms with Gasteiger partial charge in [0.2, 0.25) is 0 Å². The Kier molecular flexibility index (Phi) is 7.87. The quantitative estimate of drug-likeness (QED) is 0.285. The fourth-order valence-corrected chi connectivity index (χ4v) is 11.0. The Hall–Kier alpha value is -4.36. The highest BCUT2D eigenvalue weighted by Crippen LogP contribution is 2.32. The Balaban J connectivity index is 1.73. The maximum Gasteiger partial charge on any atom is 0.347 e. The summed E-state index contributed by atoms with van der Waals surface area (Å²) >= 11 is 0. The third-order valence-electron chi connectivity index (χ3n) is 8.16. The topological polar surface area (TPSA) is 47.1 Å². The third-order valence-corrected chi connectivity index (χ3v) is 12.6. The van der Waals surface area contributed by atoms with E-state index in [2.05, 4.69) is 24.3 Å². The first-order valence-electron chi connectivity index (χ1n) is 14.6. The predicted octanol–water partition coefficient (Wildman–Crippen LogP) is 5.69. The van der Waals surface area contributed by atoms with E-state index >= 15 is 0 Å². The van der Waals surface area contributed by atoms with Gasteiger partial charge in [0.25, 0.3) is 0 Å². The number of anilines is 2. The summed E-state index contributed by atoms with van der Waals surface area (Å²) in [5.41, 5.74) is 1.58. The molecule has 0 aromatic heterocycles. The first-order chi connectivity index (χ1) is 20.2. The minimum atomic E-state index is -3.67. The molecule has 4 aromatic carbocycles. The maximum atomic E-state index is 15.0. The largest absolute Gasteiger partial charge is 0.347 e. The lowest BCUT2D eigenvalue weighted by Crippen LogP contribution is -2.84. The van der Waals surface area contributed by atoms with Gasteiger partial charge >= 0.3 is 20.5 Å². The third kappa shape index (κ3) is 5.02. The van der Waals surface area contributed by atoms with E-state index in [1.54, 1.807) is 0 Å². The number of likely N-dealkylation sites (tertiary alicyclic amines) is 2. The van der Waals surface area contributed by atoms with E-state index < -0.39 is 8.40 Å². The molecule has 0 radical (unpaired) electrons. The molecule has 0 spiro atoms. The van der Waals surface area contributed by atoms with Crippen LogP contribution in [0.2, 0.25) is 0 Å². The summed E-state index contributed by atoms with van der Waals surface area (Å²) in [6.07, 6.45) is 3.92. The standard InChI is InChI=1S/C34H36N4O2Si/c39-33(35-25-13-14-26-35)37(29-17-5-1-6-18-29)41(31-21-9-3-10-22-31,32-23-11-4-12-24-32)38(30-19-7-2-8-20-30)34(40)36-27-15-16-28-36/h1-12,17-24H,13-16,25-28H2. The number of urea groups is 2. The van der Waals surface area contributed by atoms with Crippen molar-refractivity contribution in [2.24, 2.45) is 0 Å². The van der Waals surface area contributed by atoms with Crippen molar-refractivity contribution in [2.75, 3.05) is 35.3 Å². The van der Waals surface area contributed by atoms with Crippen molar-refractivity contribution in [3.05, 3.63) is 121 Å². The van der Waals surface area contributed by atoms with E-state index in [1.165, 1.54) is 0 Å². The molecule has 2 heterocycles. The number of para-hydroxylation sites is 2. The van der Waals surface area contributed by atoms with Gasteiger partial charge in [-0.25, -0.2) is 9.59 Å². The van der Waals surface area contributed by atoms with Crippen LogP contribution in [0.5, 0.6) is 0 Å². The zero-order chi connectivity index (χ0) is 28.1. The Morgan fingerprint density at radius 1 is 0.463 bits per heavy atom. The van der Waals surface area contributed by atoms with Gasteiger partial charge in [0.05, 0.1) is 0 Å². The molecule has 4 aromatic rings. The molecule has 208 valence electrons.